The Kier molecular flexibility index (Phi) is 8.31. The number of nitrogens with zero attached hydrogens (tertiary/aromatic N) is 1. The summed E-state index contributed by atoms with van der Waals surface area (Å²) in [6.45, 7) is 1.95. The van der Waals surface area contributed by atoms with Crippen molar-refractivity contribution in [3.8, 4) is 0 Å². The fourth-order valence-corrected chi connectivity index (χ4v) is 5.94. The van der Waals surface area contributed by atoms with Crippen molar-refractivity contribution >= 4 is 58.1 Å². The third kappa shape index (κ3) is 5.56. The second-order valence-electron chi connectivity index (χ2n) is 9.15. The molecule has 1 saturated carbocycles. The molecular formula is C26H26Cl3N3O5. The molecule has 1 atom stereocenters. The molecule has 11 heteroatoms. The molecule has 2 aliphatic carbocycles. The van der Waals surface area contributed by atoms with Crippen molar-refractivity contribution in [3.63, 3.8) is 0 Å². The first-order valence-corrected chi connectivity index (χ1v) is 13.2. The van der Waals surface area contributed by atoms with E-state index in [9.17, 15) is 19.6 Å². The number of hydrogen-bond donors (Lipinski definition) is 2. The van der Waals surface area contributed by atoms with Gasteiger partial charge in [-0.3, -0.25) is 9.59 Å². The summed E-state index contributed by atoms with van der Waals surface area (Å²) < 4.78 is 5.70. The van der Waals surface area contributed by atoms with Gasteiger partial charge in [-0.1, -0.05) is 66.2 Å². The molecule has 0 saturated heterocycles. The van der Waals surface area contributed by atoms with E-state index in [2.05, 4.69) is 10.6 Å². The fraction of sp³-hybridized carbons (Fsp3) is 0.385. The number of carbonyl (C=O) groups excluding carboxylic acids is 3. The first-order valence-electron chi connectivity index (χ1n) is 12.0. The first kappa shape index (κ1) is 27.2. The molecular weight excluding hydrogens is 541 g/mol. The quantitative estimate of drug-likeness (QED) is 0.266. The minimum absolute atomic E-state index is 0.0112. The van der Waals surface area contributed by atoms with Crippen LogP contribution in [0.5, 0.6) is 0 Å². The summed E-state index contributed by atoms with van der Waals surface area (Å²) in [5.41, 5.74) is 1.27. The van der Waals surface area contributed by atoms with Crippen LogP contribution in [0, 0.1) is 10.6 Å². The molecule has 2 aromatic rings. The van der Waals surface area contributed by atoms with E-state index in [1.54, 1.807) is 31.2 Å². The highest BCUT2D eigenvalue weighted by atomic mass is 35.5. The Hall–Kier alpha value is -2.81. The van der Waals surface area contributed by atoms with Crippen molar-refractivity contribution in [2.45, 2.75) is 51.5 Å². The molecule has 1 spiro atoms. The SMILES string of the molecule is CCOC(=O)[C@H](Cc1ccc(NC(=O)c2c(Cl)c[n+]([O-])cc2Cl)cc1)NC1=C(Cl)C(=O)C12CCCCC2. The number of ketones is 1. The average molecular weight is 567 g/mol. The van der Waals surface area contributed by atoms with Crippen LogP contribution >= 0.6 is 34.8 Å². The molecule has 4 rings (SSSR count). The van der Waals surface area contributed by atoms with Gasteiger partial charge in [0.25, 0.3) is 5.91 Å². The lowest BCUT2D eigenvalue weighted by Gasteiger charge is -2.46. The third-order valence-corrected chi connectivity index (χ3v) is 7.70. The van der Waals surface area contributed by atoms with E-state index >= 15 is 0 Å². The standard InChI is InChI=1S/C26H26Cl3N3O5/c1-2-37-25(35)19(31-22-21(29)23(33)26(22)10-4-3-5-11-26)12-15-6-8-16(9-7-15)30-24(34)20-17(27)13-32(36)14-18(20)28/h6-9,13-14,19,31H,2-5,10-12H2,1H3,(H,30,34)/t19-/m0/s1. The monoisotopic (exact) mass is 565 g/mol. The van der Waals surface area contributed by atoms with Crippen molar-refractivity contribution in [1.82, 2.24) is 5.32 Å². The van der Waals surface area contributed by atoms with Crippen LogP contribution in [0.15, 0.2) is 47.4 Å². The van der Waals surface area contributed by atoms with Gasteiger partial charge in [-0.2, -0.15) is 4.73 Å². The summed E-state index contributed by atoms with van der Waals surface area (Å²) in [6.07, 6.45) is 6.77. The number of pyridine rings is 1. The number of Topliss-reactive ketones (excluding diaryl/α,β-unsaturated/α-hetero) is 1. The van der Waals surface area contributed by atoms with Gasteiger partial charge in [-0.05, 0) is 37.5 Å². The maximum absolute atomic E-state index is 12.8. The van der Waals surface area contributed by atoms with Crippen LogP contribution in [0.2, 0.25) is 10.0 Å². The van der Waals surface area contributed by atoms with Crippen LogP contribution in [-0.2, 0) is 20.7 Å². The number of aromatic nitrogens is 1. The van der Waals surface area contributed by atoms with Gasteiger partial charge in [-0.25, -0.2) is 4.79 Å². The summed E-state index contributed by atoms with van der Waals surface area (Å²) >= 11 is 18.3. The van der Waals surface area contributed by atoms with Crippen molar-refractivity contribution in [3.05, 3.63) is 73.8 Å². The largest absolute Gasteiger partial charge is 0.619 e. The first-order chi connectivity index (χ1) is 17.7. The zero-order chi connectivity index (χ0) is 26.7. The summed E-state index contributed by atoms with van der Waals surface area (Å²) in [4.78, 5) is 38.1. The molecule has 1 aromatic heterocycles. The van der Waals surface area contributed by atoms with Gasteiger partial charge in [-0.15, -0.1) is 0 Å². The van der Waals surface area contributed by atoms with E-state index in [-0.39, 0.29) is 39.5 Å². The van der Waals surface area contributed by atoms with Crippen LogP contribution in [0.1, 0.15) is 54.9 Å². The number of amides is 1. The molecule has 0 bridgehead atoms. The number of esters is 1. The molecule has 8 nitrogen and oxygen atoms in total. The van der Waals surface area contributed by atoms with Crippen LogP contribution < -0.4 is 15.4 Å². The lowest BCUT2D eigenvalue weighted by molar-refractivity contribution is -0.605. The number of allylic oxidation sites excluding steroid dienone is 2. The molecule has 0 aliphatic heterocycles. The lowest BCUT2D eigenvalue weighted by atomic mass is 9.62. The summed E-state index contributed by atoms with van der Waals surface area (Å²) in [7, 11) is 0. The number of ether oxygens (including phenoxy) is 1. The molecule has 2 N–H and O–H groups in total. The zero-order valence-corrected chi connectivity index (χ0v) is 22.4. The molecule has 196 valence electrons. The summed E-state index contributed by atoms with van der Waals surface area (Å²) in [6, 6.07) is 6.14. The van der Waals surface area contributed by atoms with Crippen LogP contribution in [0.4, 0.5) is 5.69 Å². The number of rotatable bonds is 8. The van der Waals surface area contributed by atoms with Crippen molar-refractivity contribution in [1.29, 1.82) is 0 Å². The van der Waals surface area contributed by atoms with Gasteiger partial charge < -0.3 is 20.6 Å². The molecule has 1 amide bonds. The summed E-state index contributed by atoms with van der Waals surface area (Å²) in [5.74, 6) is -1.06. The van der Waals surface area contributed by atoms with Crippen molar-refractivity contribution < 1.29 is 23.9 Å². The van der Waals surface area contributed by atoms with Crippen molar-refractivity contribution in [2.24, 2.45) is 5.41 Å². The maximum atomic E-state index is 12.8. The Morgan fingerprint density at radius 2 is 1.70 bits per heavy atom. The average Bonchev–Trinajstić information content (AvgIpc) is 2.87. The number of anilines is 1. The Morgan fingerprint density at radius 3 is 2.30 bits per heavy atom. The molecule has 1 heterocycles. The maximum Gasteiger partial charge on any atom is 0.328 e. The Morgan fingerprint density at radius 1 is 1.08 bits per heavy atom. The van der Waals surface area contributed by atoms with Crippen LogP contribution in [0.25, 0.3) is 0 Å². The van der Waals surface area contributed by atoms with Gasteiger partial charge in [0.2, 0.25) is 0 Å². The van der Waals surface area contributed by atoms with Gasteiger partial charge in [0.1, 0.15) is 21.1 Å². The number of benzene rings is 1. The Balaban J connectivity index is 1.48. The van der Waals surface area contributed by atoms with E-state index < -0.39 is 23.3 Å². The van der Waals surface area contributed by atoms with E-state index in [4.69, 9.17) is 39.5 Å². The normalized spacial score (nSPS) is 17.2. The number of carbonyl (C=O) groups is 3. The third-order valence-electron chi connectivity index (χ3n) is 6.77. The number of hydrogen-bond acceptors (Lipinski definition) is 6. The van der Waals surface area contributed by atoms with Crippen LogP contribution in [0.3, 0.4) is 0 Å². The molecule has 1 aromatic carbocycles. The fourth-order valence-electron chi connectivity index (χ4n) is 4.90. The topological polar surface area (TPSA) is 111 Å². The second-order valence-corrected chi connectivity index (χ2v) is 10.3. The van der Waals surface area contributed by atoms with E-state index in [0.29, 0.717) is 16.1 Å². The van der Waals surface area contributed by atoms with Crippen LogP contribution in [-0.4, -0.2) is 30.3 Å². The summed E-state index contributed by atoms with van der Waals surface area (Å²) in [5, 5.41) is 17.4. The molecule has 2 aliphatic rings. The predicted molar refractivity (Wildman–Crippen MR) is 140 cm³/mol. The van der Waals surface area contributed by atoms with E-state index in [1.807, 2.05) is 0 Å². The van der Waals surface area contributed by atoms with Crippen molar-refractivity contribution in [2.75, 3.05) is 11.9 Å². The molecule has 0 unspecified atom stereocenters. The van der Waals surface area contributed by atoms with Gasteiger partial charge in [0.15, 0.2) is 18.2 Å². The molecule has 0 radical (unpaired) electrons. The lowest BCUT2D eigenvalue weighted by Crippen LogP contribution is -2.53. The molecule has 37 heavy (non-hydrogen) atoms. The molecule has 1 fully saturated rings. The zero-order valence-electron chi connectivity index (χ0n) is 20.1. The minimum atomic E-state index is -0.739. The van der Waals surface area contributed by atoms with Gasteiger partial charge >= 0.3 is 5.97 Å². The smallest absolute Gasteiger partial charge is 0.328 e. The Bertz CT molecular complexity index is 1230. The number of nitrogens with one attached hydrogen (secondary N) is 2. The number of halogens is 3. The van der Waals surface area contributed by atoms with Gasteiger partial charge in [0, 0.05) is 17.8 Å². The highest BCUT2D eigenvalue weighted by molar-refractivity contribution is 6.47. The highest BCUT2D eigenvalue weighted by Crippen LogP contribution is 2.53. The van der Waals surface area contributed by atoms with E-state index in [0.717, 1.165) is 50.1 Å². The van der Waals surface area contributed by atoms with E-state index in [1.165, 1.54) is 0 Å². The predicted octanol–water partition coefficient (Wildman–Crippen LogP) is 4.93. The highest BCUT2D eigenvalue weighted by Gasteiger charge is 2.54. The Labute approximate surface area is 229 Å². The van der Waals surface area contributed by atoms with Gasteiger partial charge in [0.05, 0.1) is 17.6 Å². The minimum Gasteiger partial charge on any atom is -0.619 e. The second kappa shape index (κ2) is 11.3.